The van der Waals surface area contributed by atoms with E-state index in [1.165, 1.54) is 0 Å². The van der Waals surface area contributed by atoms with E-state index in [-0.39, 0.29) is 12.8 Å². The first-order chi connectivity index (χ1) is 11.2. The number of urea groups is 1. The number of amides is 2. The minimum atomic E-state index is -4.82. The lowest BCUT2D eigenvalue weighted by molar-refractivity contribution is -0.201. The van der Waals surface area contributed by atoms with Crippen LogP contribution in [-0.2, 0) is 11.2 Å². The van der Waals surface area contributed by atoms with E-state index < -0.39 is 36.9 Å². The largest absolute Gasteiger partial charge is 0.481 e. The smallest absolute Gasteiger partial charge is 0.416 e. The zero-order valence-corrected chi connectivity index (χ0v) is 12.7. The maximum atomic E-state index is 12.2. The first-order valence-corrected chi connectivity index (χ1v) is 7.23. The Labute approximate surface area is 136 Å². The Bertz CT molecular complexity index is 537. The number of aliphatic hydroxyl groups excluding tert-OH is 1. The summed E-state index contributed by atoms with van der Waals surface area (Å²) in [6.45, 7) is -0.980. The minimum absolute atomic E-state index is 0.124. The summed E-state index contributed by atoms with van der Waals surface area (Å²) in [5, 5.41) is 21.9. The number of hydrogen-bond donors (Lipinski definition) is 4. The van der Waals surface area contributed by atoms with Gasteiger partial charge in [-0.1, -0.05) is 30.3 Å². The molecule has 0 saturated carbocycles. The topological polar surface area (TPSA) is 98.7 Å². The van der Waals surface area contributed by atoms with Crippen molar-refractivity contribution in [2.24, 2.45) is 0 Å². The highest BCUT2D eigenvalue weighted by Gasteiger charge is 2.38. The van der Waals surface area contributed by atoms with Gasteiger partial charge in [0.15, 0.2) is 6.10 Å². The molecule has 24 heavy (non-hydrogen) atoms. The van der Waals surface area contributed by atoms with Gasteiger partial charge in [-0.05, 0) is 18.4 Å². The number of aliphatic hydroxyl groups is 1. The fourth-order valence-corrected chi connectivity index (χ4v) is 1.96. The Kier molecular flexibility index (Phi) is 7.50. The van der Waals surface area contributed by atoms with Crippen LogP contribution in [0.4, 0.5) is 18.0 Å². The van der Waals surface area contributed by atoms with Crippen LogP contribution in [0.1, 0.15) is 18.4 Å². The van der Waals surface area contributed by atoms with Crippen LogP contribution in [-0.4, -0.2) is 47.1 Å². The maximum Gasteiger partial charge on any atom is 0.416 e. The second kappa shape index (κ2) is 9.11. The van der Waals surface area contributed by atoms with E-state index in [0.29, 0.717) is 6.42 Å². The van der Waals surface area contributed by atoms with Gasteiger partial charge in [-0.3, -0.25) is 4.79 Å². The minimum Gasteiger partial charge on any atom is -0.481 e. The Hall–Kier alpha value is -2.29. The van der Waals surface area contributed by atoms with Gasteiger partial charge >= 0.3 is 18.2 Å². The molecule has 0 spiro atoms. The Morgan fingerprint density at radius 2 is 1.79 bits per heavy atom. The van der Waals surface area contributed by atoms with Gasteiger partial charge in [-0.25, -0.2) is 4.79 Å². The fraction of sp³-hybridized carbons (Fsp3) is 0.467. The van der Waals surface area contributed by atoms with Gasteiger partial charge in [0.25, 0.3) is 0 Å². The molecule has 1 aromatic rings. The van der Waals surface area contributed by atoms with Gasteiger partial charge in [-0.2, -0.15) is 13.2 Å². The highest BCUT2D eigenvalue weighted by atomic mass is 19.4. The highest BCUT2D eigenvalue weighted by molar-refractivity contribution is 5.74. The molecule has 2 amide bonds. The molecular weight excluding hydrogens is 329 g/mol. The van der Waals surface area contributed by atoms with Gasteiger partial charge in [0.05, 0.1) is 6.54 Å². The summed E-state index contributed by atoms with van der Waals surface area (Å²) in [4.78, 5) is 22.4. The number of aliphatic carboxylic acids is 1. The molecule has 0 aliphatic carbocycles. The lowest BCUT2D eigenvalue weighted by Crippen LogP contribution is -2.48. The molecule has 134 valence electrons. The van der Waals surface area contributed by atoms with Crippen LogP contribution in [0.5, 0.6) is 0 Å². The van der Waals surface area contributed by atoms with Gasteiger partial charge < -0.3 is 20.8 Å². The number of carboxylic acid groups (broad SMARTS) is 1. The van der Waals surface area contributed by atoms with Gasteiger partial charge in [0, 0.05) is 12.5 Å². The summed E-state index contributed by atoms with van der Waals surface area (Å²) in [7, 11) is 0. The van der Waals surface area contributed by atoms with Crippen molar-refractivity contribution in [3.8, 4) is 0 Å². The van der Waals surface area contributed by atoms with Crippen LogP contribution in [0.25, 0.3) is 0 Å². The Morgan fingerprint density at radius 3 is 2.33 bits per heavy atom. The zero-order valence-electron chi connectivity index (χ0n) is 12.7. The number of hydrogen-bond acceptors (Lipinski definition) is 3. The average Bonchev–Trinajstić information content (AvgIpc) is 2.50. The molecule has 1 rings (SSSR count). The first-order valence-electron chi connectivity index (χ1n) is 7.23. The zero-order chi connectivity index (χ0) is 18.2. The molecular formula is C15H19F3N2O4. The standard InChI is InChI=1S/C15H19F3N2O4/c16-15(17,18)12(21)9-19-14(24)20-11(6-7-13(22)23)8-10-4-2-1-3-5-10/h1-5,11-12,21H,6-9H2,(H,22,23)(H2,19,20,24). The SMILES string of the molecule is O=C(O)CCC(Cc1ccccc1)NC(=O)NCC(O)C(F)(F)F. The molecule has 1 aromatic carbocycles. The van der Waals surface area contributed by atoms with E-state index in [2.05, 4.69) is 5.32 Å². The predicted octanol–water partition coefficient (Wildman–Crippen LogP) is 1.68. The molecule has 0 aliphatic heterocycles. The lowest BCUT2D eigenvalue weighted by Gasteiger charge is -2.20. The number of halogens is 3. The van der Waals surface area contributed by atoms with Gasteiger partial charge in [-0.15, -0.1) is 0 Å². The maximum absolute atomic E-state index is 12.2. The van der Waals surface area contributed by atoms with Crippen LogP contribution >= 0.6 is 0 Å². The molecule has 0 aromatic heterocycles. The van der Waals surface area contributed by atoms with Crippen LogP contribution in [0.15, 0.2) is 30.3 Å². The summed E-state index contributed by atoms with van der Waals surface area (Å²) in [6, 6.07) is 7.49. The van der Waals surface area contributed by atoms with Crippen LogP contribution < -0.4 is 10.6 Å². The lowest BCUT2D eigenvalue weighted by atomic mass is 10.0. The van der Waals surface area contributed by atoms with Crippen molar-refractivity contribution in [1.29, 1.82) is 0 Å². The van der Waals surface area contributed by atoms with Crippen LogP contribution in [0, 0.1) is 0 Å². The second-order valence-corrected chi connectivity index (χ2v) is 5.23. The van der Waals surface area contributed by atoms with Crippen LogP contribution in [0.3, 0.4) is 0 Å². The van der Waals surface area contributed by atoms with Gasteiger partial charge in [0.1, 0.15) is 0 Å². The van der Waals surface area contributed by atoms with Crippen molar-refractivity contribution in [2.75, 3.05) is 6.54 Å². The third-order valence-electron chi connectivity index (χ3n) is 3.20. The summed E-state index contributed by atoms with van der Waals surface area (Å²) in [6.07, 6.45) is -7.21. The number of carbonyl (C=O) groups excluding carboxylic acids is 1. The quantitative estimate of drug-likeness (QED) is 0.574. The fourth-order valence-electron chi connectivity index (χ4n) is 1.96. The van der Waals surface area contributed by atoms with E-state index in [4.69, 9.17) is 10.2 Å². The molecule has 4 N–H and O–H groups in total. The normalized spacial score (nSPS) is 13.8. The van der Waals surface area contributed by atoms with Crippen molar-refractivity contribution >= 4 is 12.0 Å². The van der Waals surface area contributed by atoms with Crippen LogP contribution in [0.2, 0.25) is 0 Å². The van der Waals surface area contributed by atoms with Crippen molar-refractivity contribution in [3.05, 3.63) is 35.9 Å². The summed E-state index contributed by atoms with van der Waals surface area (Å²) < 4.78 is 36.5. The van der Waals surface area contributed by atoms with E-state index in [1.807, 2.05) is 5.32 Å². The number of carbonyl (C=O) groups is 2. The third kappa shape index (κ3) is 7.82. The molecule has 0 fully saturated rings. The Morgan fingerprint density at radius 1 is 1.17 bits per heavy atom. The molecule has 0 bridgehead atoms. The number of nitrogens with one attached hydrogen (secondary N) is 2. The predicted molar refractivity (Wildman–Crippen MR) is 79.4 cm³/mol. The monoisotopic (exact) mass is 348 g/mol. The number of alkyl halides is 3. The molecule has 0 saturated heterocycles. The van der Waals surface area contributed by atoms with Crippen molar-refractivity contribution in [2.45, 2.75) is 37.6 Å². The Balaban J connectivity index is 2.56. The summed E-state index contributed by atoms with van der Waals surface area (Å²) in [5.41, 5.74) is 0.850. The molecule has 9 heteroatoms. The van der Waals surface area contributed by atoms with Crippen molar-refractivity contribution in [1.82, 2.24) is 10.6 Å². The average molecular weight is 348 g/mol. The van der Waals surface area contributed by atoms with Gasteiger partial charge in [0.2, 0.25) is 0 Å². The number of benzene rings is 1. The summed E-state index contributed by atoms with van der Waals surface area (Å²) >= 11 is 0. The highest BCUT2D eigenvalue weighted by Crippen LogP contribution is 2.19. The molecule has 2 atom stereocenters. The van der Waals surface area contributed by atoms with E-state index in [9.17, 15) is 22.8 Å². The molecule has 6 nitrogen and oxygen atoms in total. The molecule has 0 aliphatic rings. The first kappa shape index (κ1) is 19.8. The number of carboxylic acids is 1. The number of rotatable bonds is 8. The third-order valence-corrected chi connectivity index (χ3v) is 3.20. The van der Waals surface area contributed by atoms with E-state index in [1.54, 1.807) is 30.3 Å². The molecule has 0 heterocycles. The van der Waals surface area contributed by atoms with E-state index >= 15 is 0 Å². The summed E-state index contributed by atoms with van der Waals surface area (Å²) in [5.74, 6) is -1.04. The molecule has 2 unspecified atom stereocenters. The van der Waals surface area contributed by atoms with Crippen molar-refractivity contribution < 1.29 is 33.0 Å². The van der Waals surface area contributed by atoms with Crippen molar-refractivity contribution in [3.63, 3.8) is 0 Å². The van der Waals surface area contributed by atoms with E-state index in [0.717, 1.165) is 5.56 Å². The molecule has 0 radical (unpaired) electrons. The second-order valence-electron chi connectivity index (χ2n) is 5.23.